The monoisotopic (exact) mass is 173 g/mol. The summed E-state index contributed by atoms with van der Waals surface area (Å²) in [6, 6.07) is 8.99. The van der Waals surface area contributed by atoms with E-state index in [0.29, 0.717) is 0 Å². The van der Waals surface area contributed by atoms with Gasteiger partial charge in [0.2, 0.25) is 0 Å². The zero-order valence-corrected chi connectivity index (χ0v) is 7.36. The van der Waals surface area contributed by atoms with E-state index in [1.807, 2.05) is 24.3 Å². The molecule has 0 amide bonds. The predicted molar refractivity (Wildman–Crippen MR) is 43.1 cm³/mol. The van der Waals surface area contributed by atoms with Gasteiger partial charge in [0.15, 0.2) is 0 Å². The fraction of sp³-hybridized carbons (Fsp3) is 0. The molecule has 0 saturated carbocycles. The summed E-state index contributed by atoms with van der Waals surface area (Å²) in [4.78, 5) is 0. The van der Waals surface area contributed by atoms with Gasteiger partial charge >= 0.3 is 18.9 Å². The van der Waals surface area contributed by atoms with Crippen molar-refractivity contribution in [1.82, 2.24) is 15.0 Å². The van der Waals surface area contributed by atoms with Gasteiger partial charge in [0.25, 0.3) is 0 Å². The third-order valence-electron chi connectivity index (χ3n) is 1.47. The minimum atomic E-state index is 0. The van der Waals surface area contributed by atoms with Gasteiger partial charge in [0, 0.05) is 5.52 Å². The number of aromatic nitrogens is 3. The third-order valence-corrected chi connectivity index (χ3v) is 1.65. The van der Waals surface area contributed by atoms with E-state index in [-0.39, 0.29) is 18.9 Å². The first-order valence-electron chi connectivity index (χ1n) is 3.15. The molecule has 1 aromatic heterocycles. The van der Waals surface area contributed by atoms with E-state index in [1.165, 1.54) is 10.7 Å². The molecule has 0 aliphatic rings. The number of hydrogen-bond donors (Lipinski definition) is 0. The predicted octanol–water partition coefficient (Wildman–Crippen LogP) is -1.36. The van der Waals surface area contributed by atoms with E-state index >= 15 is 0 Å². The second-order valence-corrected chi connectivity index (χ2v) is 2.32. The summed E-state index contributed by atoms with van der Waals surface area (Å²) >= 11 is 5.48. The molecule has 5 heteroatoms. The zero-order chi connectivity index (χ0) is 7.68. The quantitative estimate of drug-likeness (QED) is 0.394. The summed E-state index contributed by atoms with van der Waals surface area (Å²) in [5, 5.41) is 7.68. The summed E-state index contributed by atoms with van der Waals surface area (Å²) in [7, 11) is 0. The minimum Gasteiger partial charge on any atom is -0.363 e. The van der Waals surface area contributed by atoms with Crippen molar-refractivity contribution >= 4 is 22.6 Å². The number of nitrogens with zero attached hydrogens (tertiary/aromatic N) is 3. The first kappa shape index (κ1) is 9.47. The molecule has 2 aromatic rings. The van der Waals surface area contributed by atoms with Crippen LogP contribution in [0.1, 0.15) is 0 Å². The molecule has 1 heterocycles. The number of para-hydroxylation sites is 1. The molecule has 0 unspecified atom stereocenters. The summed E-state index contributed by atoms with van der Waals surface area (Å²) in [5.74, 6) is 0. The van der Waals surface area contributed by atoms with Crippen molar-refractivity contribution in [2.45, 2.75) is 0 Å². The Labute approximate surface area is 86.9 Å². The van der Waals surface area contributed by atoms with Crippen LogP contribution in [0.5, 0.6) is 0 Å². The van der Waals surface area contributed by atoms with Crippen LogP contribution in [-0.4, -0.2) is 15.0 Å². The van der Waals surface area contributed by atoms with Crippen LogP contribution in [0, 0.1) is 6.00 Å². The molecule has 0 radical (unpaired) electrons. The van der Waals surface area contributed by atoms with Crippen LogP contribution in [-0.2, 0) is 0 Å². The molecule has 2 rings (SSSR count). The van der Waals surface area contributed by atoms with E-state index in [2.05, 4.69) is 10.3 Å². The van der Waals surface area contributed by atoms with Crippen molar-refractivity contribution in [3.63, 3.8) is 0 Å². The molecule has 0 N–H and O–H groups in total. The maximum atomic E-state index is 5.48. The molecule has 3 nitrogen and oxygen atoms in total. The molecule has 0 atom stereocenters. The Kier molecular flexibility index (Phi) is 3.04. The minimum absolute atomic E-state index is 0. The summed E-state index contributed by atoms with van der Waals surface area (Å²) in [6.45, 7) is 0. The van der Waals surface area contributed by atoms with Crippen LogP contribution in [0.15, 0.2) is 24.3 Å². The van der Waals surface area contributed by atoms with Crippen molar-refractivity contribution in [2.75, 3.05) is 0 Å². The fourth-order valence-corrected chi connectivity index (χ4v) is 1.10. The van der Waals surface area contributed by atoms with Crippen LogP contribution >= 0.6 is 11.6 Å². The average Bonchev–Trinajstić information content (AvgIpc) is 2.47. The largest absolute Gasteiger partial charge is 1.00 e. The molecule has 0 spiro atoms. The molecular weight excluding hydrogens is 168 g/mol. The number of rotatable bonds is 1. The number of halogens is 1. The van der Waals surface area contributed by atoms with Gasteiger partial charge in [0.1, 0.15) is 0 Å². The van der Waals surface area contributed by atoms with Crippen molar-refractivity contribution in [3.8, 4) is 0 Å². The normalized spacial score (nSPS) is 9.42. The Morgan fingerprint density at radius 2 is 2.08 bits per heavy atom. The Morgan fingerprint density at radius 3 is 2.83 bits per heavy atom. The van der Waals surface area contributed by atoms with E-state index < -0.39 is 0 Å². The van der Waals surface area contributed by atoms with Gasteiger partial charge in [-0.2, -0.15) is 16.7 Å². The van der Waals surface area contributed by atoms with Crippen LogP contribution in [0.25, 0.3) is 11.0 Å². The fourth-order valence-electron chi connectivity index (χ4n) is 0.959. The summed E-state index contributed by atoms with van der Waals surface area (Å²) in [5.41, 5.74) is 1.77. The topological polar surface area (TPSA) is 30.7 Å². The van der Waals surface area contributed by atoms with E-state index in [4.69, 9.17) is 11.6 Å². The molecule has 0 bridgehead atoms. The molecule has 0 aliphatic carbocycles. The molecule has 12 heavy (non-hydrogen) atoms. The van der Waals surface area contributed by atoms with E-state index in [9.17, 15) is 0 Å². The maximum Gasteiger partial charge on any atom is 1.00 e. The molecular formula is C7H5ClLiN3. The maximum absolute atomic E-state index is 5.48. The van der Waals surface area contributed by atoms with Crippen LogP contribution in [0.4, 0.5) is 0 Å². The smallest absolute Gasteiger partial charge is 0.363 e. The van der Waals surface area contributed by atoms with Gasteiger partial charge in [-0.3, -0.25) is 0 Å². The Hall–Kier alpha value is -0.623. The standard InChI is InChI=1S/C7H5ClN3.Li/c8-5-11-7-4-2-1-3-6(7)9-10-11;/h1-5H;/q-1;+1. The second-order valence-electron chi connectivity index (χ2n) is 2.12. The third kappa shape index (κ3) is 1.44. The second kappa shape index (κ2) is 3.86. The molecule has 1 aromatic carbocycles. The molecule has 0 fully saturated rings. The van der Waals surface area contributed by atoms with Crippen molar-refractivity contribution in [3.05, 3.63) is 30.3 Å². The Bertz CT molecular complexity index is 373. The Balaban J connectivity index is 0.000000720. The molecule has 0 saturated heterocycles. The first-order valence-corrected chi connectivity index (χ1v) is 3.59. The van der Waals surface area contributed by atoms with Crippen LogP contribution < -0.4 is 18.9 Å². The van der Waals surface area contributed by atoms with Gasteiger partial charge < -0.3 is 4.68 Å². The van der Waals surface area contributed by atoms with Gasteiger partial charge in [-0.05, 0) is 0 Å². The van der Waals surface area contributed by atoms with Crippen molar-refractivity contribution in [2.24, 2.45) is 0 Å². The summed E-state index contributed by atoms with van der Waals surface area (Å²) < 4.78 is 1.52. The SMILES string of the molecule is Cl[CH-]n1nnc2ccccc21.[Li+]. The van der Waals surface area contributed by atoms with Crippen LogP contribution in [0.2, 0.25) is 0 Å². The number of hydrogen-bond acceptors (Lipinski definition) is 2. The van der Waals surface area contributed by atoms with E-state index in [0.717, 1.165) is 11.0 Å². The number of benzene rings is 1. The molecule has 0 aliphatic heterocycles. The first-order chi connectivity index (χ1) is 5.42. The van der Waals surface area contributed by atoms with Crippen LogP contribution in [0.3, 0.4) is 0 Å². The van der Waals surface area contributed by atoms with Gasteiger partial charge in [-0.25, -0.2) is 0 Å². The van der Waals surface area contributed by atoms with Gasteiger partial charge in [-0.1, -0.05) is 34.9 Å². The van der Waals surface area contributed by atoms with E-state index in [1.54, 1.807) is 0 Å². The average molecular weight is 174 g/mol. The molecule has 56 valence electrons. The summed E-state index contributed by atoms with van der Waals surface area (Å²) in [6.07, 6.45) is 0. The van der Waals surface area contributed by atoms with Crippen molar-refractivity contribution < 1.29 is 18.9 Å². The van der Waals surface area contributed by atoms with Crippen molar-refractivity contribution in [1.29, 1.82) is 0 Å². The Morgan fingerprint density at radius 1 is 1.33 bits per heavy atom. The van der Waals surface area contributed by atoms with Gasteiger partial charge in [0.05, 0.1) is 0 Å². The number of fused-ring (bicyclic) bond motifs is 1. The zero-order valence-electron chi connectivity index (χ0n) is 6.61. The van der Waals surface area contributed by atoms with Gasteiger partial charge in [-0.15, -0.1) is 6.07 Å².